The van der Waals surface area contributed by atoms with Crippen molar-refractivity contribution < 1.29 is 23.5 Å². The Balaban J connectivity index is 1.71. The first-order valence-corrected chi connectivity index (χ1v) is 13.4. The van der Waals surface area contributed by atoms with E-state index in [1.165, 1.54) is 56.7 Å². The van der Waals surface area contributed by atoms with Crippen LogP contribution in [0.3, 0.4) is 0 Å². The SMILES string of the molecule is CCCCCCCCOC(=O)OC[N+]1(C)CCCC(c2nsnc2OCCCCCC)C1. The molecule has 0 spiro atoms. The lowest BCUT2D eigenvalue weighted by Gasteiger charge is -2.39. The van der Waals surface area contributed by atoms with Gasteiger partial charge in [-0.3, -0.25) is 4.48 Å². The van der Waals surface area contributed by atoms with Crippen molar-refractivity contribution in [2.24, 2.45) is 0 Å². The maximum Gasteiger partial charge on any atom is 0.512 e. The van der Waals surface area contributed by atoms with Gasteiger partial charge in [0.2, 0.25) is 12.6 Å². The quantitative estimate of drug-likeness (QED) is 0.161. The highest BCUT2D eigenvalue weighted by Gasteiger charge is 2.36. The van der Waals surface area contributed by atoms with Gasteiger partial charge in [0.05, 0.1) is 51.0 Å². The summed E-state index contributed by atoms with van der Waals surface area (Å²) in [6.07, 6.45) is 13.3. The molecule has 1 saturated heterocycles. The minimum atomic E-state index is -0.550. The molecule has 0 aliphatic carbocycles. The van der Waals surface area contributed by atoms with Gasteiger partial charge < -0.3 is 14.2 Å². The number of ether oxygens (including phenoxy) is 3. The number of carbonyl (C=O) groups excluding carboxylic acids is 1. The largest absolute Gasteiger partial charge is 0.512 e. The van der Waals surface area contributed by atoms with Crippen LogP contribution >= 0.6 is 11.7 Å². The lowest BCUT2D eigenvalue weighted by Crippen LogP contribution is -2.52. The van der Waals surface area contributed by atoms with E-state index in [0.29, 0.717) is 30.3 Å². The van der Waals surface area contributed by atoms with Gasteiger partial charge >= 0.3 is 6.16 Å². The first-order valence-electron chi connectivity index (χ1n) is 12.7. The van der Waals surface area contributed by atoms with Gasteiger partial charge in [0, 0.05) is 0 Å². The van der Waals surface area contributed by atoms with Gasteiger partial charge in [-0.1, -0.05) is 65.2 Å². The number of rotatable bonds is 16. The second-order valence-corrected chi connectivity index (χ2v) is 9.90. The fourth-order valence-corrected chi connectivity index (χ4v) is 4.87. The van der Waals surface area contributed by atoms with Gasteiger partial charge in [0.1, 0.15) is 5.69 Å². The zero-order valence-corrected chi connectivity index (χ0v) is 21.3. The van der Waals surface area contributed by atoms with Crippen LogP contribution in [-0.2, 0) is 9.47 Å². The zero-order chi connectivity index (χ0) is 23.1. The molecule has 2 rings (SSSR count). The second-order valence-electron chi connectivity index (χ2n) is 9.37. The predicted octanol–water partition coefficient (Wildman–Crippen LogP) is 6.29. The lowest BCUT2D eigenvalue weighted by molar-refractivity contribution is -0.931. The van der Waals surface area contributed by atoms with Crippen molar-refractivity contribution in [3.8, 4) is 5.88 Å². The van der Waals surface area contributed by atoms with Crippen LogP contribution in [0.25, 0.3) is 0 Å². The standard InChI is InChI=1S/C24H44N3O4S/c1-4-6-8-10-11-13-18-30-24(28)31-20-27(3)16-14-15-21(19-27)22-23(26-32-25-22)29-17-12-9-7-5-2/h21H,4-20H2,1-3H3/q+1. The summed E-state index contributed by atoms with van der Waals surface area (Å²) in [6.45, 7) is 7.74. The summed E-state index contributed by atoms with van der Waals surface area (Å²) in [4.78, 5) is 12.0. The number of piperidine rings is 1. The number of carbonyl (C=O) groups is 1. The molecule has 1 aromatic rings. The molecule has 8 heteroatoms. The van der Waals surface area contributed by atoms with Crippen molar-refractivity contribution in [3.05, 3.63) is 5.69 Å². The van der Waals surface area contributed by atoms with Gasteiger partial charge in [-0.25, -0.2) is 4.79 Å². The highest BCUT2D eigenvalue weighted by atomic mass is 32.1. The molecule has 0 radical (unpaired) electrons. The first-order chi connectivity index (χ1) is 15.6. The van der Waals surface area contributed by atoms with Crippen LogP contribution in [0.4, 0.5) is 4.79 Å². The molecule has 2 atom stereocenters. The summed E-state index contributed by atoms with van der Waals surface area (Å²) < 4.78 is 26.3. The molecular formula is C24H44N3O4S+. The third-order valence-corrected chi connectivity index (χ3v) is 6.75. The number of likely N-dealkylation sites (tertiary alicyclic amines) is 1. The fraction of sp³-hybridized carbons (Fsp3) is 0.875. The van der Waals surface area contributed by atoms with Crippen LogP contribution in [0.1, 0.15) is 103 Å². The second kappa shape index (κ2) is 15.4. The van der Waals surface area contributed by atoms with Crippen LogP contribution in [-0.4, -0.2) is 59.5 Å². The molecule has 0 aromatic carbocycles. The minimum Gasteiger partial charge on any atom is -0.476 e. The number of aromatic nitrogens is 2. The van der Waals surface area contributed by atoms with E-state index in [4.69, 9.17) is 14.2 Å². The van der Waals surface area contributed by atoms with Crippen molar-refractivity contribution in [1.29, 1.82) is 0 Å². The molecule has 1 fully saturated rings. The van der Waals surface area contributed by atoms with Gasteiger partial charge in [-0.05, 0) is 25.7 Å². The average Bonchev–Trinajstić information content (AvgIpc) is 3.26. The third-order valence-electron chi connectivity index (χ3n) is 6.23. The number of hydrogen-bond acceptors (Lipinski definition) is 7. The number of nitrogens with zero attached hydrogens (tertiary/aromatic N) is 3. The highest BCUT2D eigenvalue weighted by Crippen LogP contribution is 2.34. The Kier molecular flexibility index (Phi) is 12.9. The molecule has 0 amide bonds. The third kappa shape index (κ3) is 10.0. The van der Waals surface area contributed by atoms with Gasteiger partial charge in [-0.15, -0.1) is 4.37 Å². The van der Waals surface area contributed by atoms with Crippen LogP contribution < -0.4 is 4.74 Å². The molecule has 184 valence electrons. The summed E-state index contributed by atoms with van der Waals surface area (Å²) >= 11 is 1.23. The molecule has 1 aliphatic rings. The van der Waals surface area contributed by atoms with Gasteiger partial charge in [0.25, 0.3) is 0 Å². The maximum absolute atomic E-state index is 12.0. The maximum atomic E-state index is 12.0. The van der Waals surface area contributed by atoms with Gasteiger partial charge in [0.15, 0.2) is 0 Å². The monoisotopic (exact) mass is 470 g/mol. The number of unbranched alkanes of at least 4 members (excludes halogenated alkanes) is 8. The van der Waals surface area contributed by atoms with Crippen molar-refractivity contribution in [2.45, 2.75) is 96.8 Å². The smallest absolute Gasteiger partial charge is 0.476 e. The zero-order valence-electron chi connectivity index (χ0n) is 20.5. The Hall–Kier alpha value is -1.41. The Morgan fingerprint density at radius 3 is 2.44 bits per heavy atom. The topological polar surface area (TPSA) is 70.5 Å². The molecular weight excluding hydrogens is 426 g/mol. The predicted molar refractivity (Wildman–Crippen MR) is 128 cm³/mol. The average molecular weight is 471 g/mol. The van der Waals surface area contributed by atoms with Gasteiger partial charge in [-0.2, -0.15) is 4.37 Å². The number of hydrogen-bond donors (Lipinski definition) is 0. The highest BCUT2D eigenvalue weighted by molar-refractivity contribution is 6.99. The van der Waals surface area contributed by atoms with E-state index in [1.54, 1.807) is 0 Å². The van der Waals surface area contributed by atoms with E-state index in [9.17, 15) is 4.79 Å². The molecule has 0 N–H and O–H groups in total. The molecule has 1 aromatic heterocycles. The van der Waals surface area contributed by atoms with Crippen molar-refractivity contribution in [1.82, 2.24) is 8.75 Å². The minimum absolute atomic E-state index is 0.279. The summed E-state index contributed by atoms with van der Waals surface area (Å²) in [7, 11) is 2.14. The Labute approximate surface area is 198 Å². The first kappa shape index (κ1) is 26.8. The molecule has 7 nitrogen and oxygen atoms in total. The molecule has 2 unspecified atom stereocenters. The van der Waals surface area contributed by atoms with Crippen molar-refractivity contribution in [2.75, 3.05) is 40.1 Å². The molecule has 0 bridgehead atoms. The molecule has 0 saturated carbocycles. The van der Waals surface area contributed by atoms with E-state index < -0.39 is 6.16 Å². The number of likely N-dealkylation sites (N-methyl/N-ethyl adjacent to an activating group) is 1. The molecule has 32 heavy (non-hydrogen) atoms. The Morgan fingerprint density at radius 2 is 1.66 bits per heavy atom. The summed E-state index contributed by atoms with van der Waals surface area (Å²) in [5, 5.41) is 0. The van der Waals surface area contributed by atoms with E-state index in [0.717, 1.165) is 50.9 Å². The van der Waals surface area contributed by atoms with Crippen LogP contribution in [0.2, 0.25) is 0 Å². The normalized spacial score (nSPS) is 20.8. The van der Waals surface area contributed by atoms with E-state index in [1.807, 2.05) is 0 Å². The van der Waals surface area contributed by atoms with Crippen LogP contribution in [0.15, 0.2) is 0 Å². The van der Waals surface area contributed by atoms with Crippen molar-refractivity contribution >= 4 is 17.9 Å². The van der Waals surface area contributed by atoms with E-state index in [2.05, 4.69) is 29.6 Å². The van der Waals surface area contributed by atoms with Crippen LogP contribution in [0, 0.1) is 0 Å². The fourth-order valence-electron chi connectivity index (χ4n) is 4.30. The number of quaternary nitrogens is 1. The summed E-state index contributed by atoms with van der Waals surface area (Å²) in [5.41, 5.74) is 0.972. The lowest BCUT2D eigenvalue weighted by atomic mass is 9.94. The molecule has 2 heterocycles. The summed E-state index contributed by atoms with van der Waals surface area (Å²) in [5.74, 6) is 0.977. The Morgan fingerprint density at radius 1 is 0.969 bits per heavy atom. The molecule has 1 aliphatic heterocycles. The summed E-state index contributed by atoms with van der Waals surface area (Å²) in [6, 6.07) is 0. The van der Waals surface area contributed by atoms with E-state index in [-0.39, 0.29) is 5.92 Å². The van der Waals surface area contributed by atoms with Crippen molar-refractivity contribution in [3.63, 3.8) is 0 Å². The van der Waals surface area contributed by atoms with E-state index >= 15 is 0 Å². The van der Waals surface area contributed by atoms with Crippen LogP contribution in [0.5, 0.6) is 5.88 Å². The Bertz CT molecular complexity index is 643.